The summed E-state index contributed by atoms with van der Waals surface area (Å²) >= 11 is 0. The lowest BCUT2D eigenvalue weighted by atomic mass is 10.2. The number of rotatable bonds is 3. The van der Waals surface area contributed by atoms with Crippen LogP contribution in [0.3, 0.4) is 0 Å². The van der Waals surface area contributed by atoms with Gasteiger partial charge < -0.3 is 4.74 Å². The minimum atomic E-state index is -0.328. The molecule has 1 aromatic heterocycles. The number of benzene rings is 1. The zero-order chi connectivity index (χ0) is 13.1. The minimum Gasteiger partial charge on any atom is -0.497 e. The van der Waals surface area contributed by atoms with Gasteiger partial charge in [-0.25, -0.2) is 4.79 Å². The third-order valence-electron chi connectivity index (χ3n) is 2.75. The van der Waals surface area contributed by atoms with E-state index in [1.807, 2.05) is 24.3 Å². The molecule has 0 saturated heterocycles. The predicted octanol–water partition coefficient (Wildman–Crippen LogP) is 0.604. The number of methoxy groups -OCH3 is 1. The topological polar surface area (TPSA) is 53.2 Å². The van der Waals surface area contributed by atoms with Gasteiger partial charge in [0, 0.05) is 19.3 Å². The number of aromatic nitrogens is 2. The molecule has 0 fully saturated rings. The molecule has 18 heavy (non-hydrogen) atoms. The first-order valence-electron chi connectivity index (χ1n) is 5.51. The molecule has 2 rings (SSSR count). The van der Waals surface area contributed by atoms with Crippen LogP contribution in [0.1, 0.15) is 5.56 Å². The molecule has 5 nitrogen and oxygen atoms in total. The fraction of sp³-hybridized carbons (Fsp3) is 0.231. The largest absolute Gasteiger partial charge is 0.497 e. The molecular formula is C13H14N2O3. The van der Waals surface area contributed by atoms with E-state index in [0.717, 1.165) is 15.9 Å². The first-order chi connectivity index (χ1) is 8.61. The van der Waals surface area contributed by atoms with Gasteiger partial charge in [0.1, 0.15) is 5.75 Å². The van der Waals surface area contributed by atoms with Crippen molar-refractivity contribution in [3.05, 3.63) is 62.9 Å². The SMILES string of the molecule is COc1cccc(Cn2ccc(=O)n(C)c2=O)c1. The summed E-state index contributed by atoms with van der Waals surface area (Å²) in [4.78, 5) is 23.1. The van der Waals surface area contributed by atoms with E-state index in [4.69, 9.17) is 4.74 Å². The van der Waals surface area contributed by atoms with Gasteiger partial charge in [-0.1, -0.05) is 12.1 Å². The van der Waals surface area contributed by atoms with Gasteiger partial charge in [0.15, 0.2) is 0 Å². The molecule has 0 spiro atoms. The van der Waals surface area contributed by atoms with Crippen LogP contribution in [-0.2, 0) is 13.6 Å². The fourth-order valence-corrected chi connectivity index (χ4v) is 1.70. The van der Waals surface area contributed by atoms with Crippen molar-refractivity contribution in [3.63, 3.8) is 0 Å². The minimum absolute atomic E-state index is 0.304. The molecule has 0 aliphatic rings. The van der Waals surface area contributed by atoms with E-state index >= 15 is 0 Å². The van der Waals surface area contributed by atoms with Crippen molar-refractivity contribution < 1.29 is 4.74 Å². The van der Waals surface area contributed by atoms with E-state index in [-0.39, 0.29) is 11.2 Å². The highest BCUT2D eigenvalue weighted by molar-refractivity contribution is 5.28. The summed E-state index contributed by atoms with van der Waals surface area (Å²) in [7, 11) is 3.06. The summed E-state index contributed by atoms with van der Waals surface area (Å²) in [5.41, 5.74) is 0.308. The highest BCUT2D eigenvalue weighted by Gasteiger charge is 2.02. The molecule has 5 heteroatoms. The summed E-state index contributed by atoms with van der Waals surface area (Å²) in [6, 6.07) is 8.84. The zero-order valence-corrected chi connectivity index (χ0v) is 10.3. The van der Waals surface area contributed by atoms with E-state index < -0.39 is 0 Å². The van der Waals surface area contributed by atoms with Crippen LogP contribution in [0.4, 0.5) is 0 Å². The Morgan fingerprint density at radius 2 is 2.00 bits per heavy atom. The fourth-order valence-electron chi connectivity index (χ4n) is 1.70. The first-order valence-corrected chi connectivity index (χ1v) is 5.51. The summed E-state index contributed by atoms with van der Waals surface area (Å²) < 4.78 is 7.69. The van der Waals surface area contributed by atoms with Crippen LogP contribution < -0.4 is 16.0 Å². The quantitative estimate of drug-likeness (QED) is 0.797. The lowest BCUT2D eigenvalue weighted by Gasteiger charge is -2.08. The molecule has 0 bridgehead atoms. The maximum absolute atomic E-state index is 11.8. The molecule has 94 valence electrons. The third-order valence-corrected chi connectivity index (χ3v) is 2.75. The van der Waals surface area contributed by atoms with Gasteiger partial charge in [0.2, 0.25) is 0 Å². The number of ether oxygens (including phenoxy) is 1. The Balaban J connectivity index is 2.37. The average Bonchev–Trinajstić information content (AvgIpc) is 2.40. The second-order valence-electron chi connectivity index (χ2n) is 3.97. The number of hydrogen-bond donors (Lipinski definition) is 0. The molecular weight excluding hydrogens is 232 g/mol. The summed E-state index contributed by atoms with van der Waals surface area (Å²) in [5, 5.41) is 0. The summed E-state index contributed by atoms with van der Waals surface area (Å²) in [6.45, 7) is 0.407. The van der Waals surface area contributed by atoms with Crippen LogP contribution in [0.25, 0.3) is 0 Å². The van der Waals surface area contributed by atoms with Crippen molar-refractivity contribution in [1.29, 1.82) is 0 Å². The van der Waals surface area contributed by atoms with E-state index in [9.17, 15) is 9.59 Å². The molecule has 2 aromatic rings. The van der Waals surface area contributed by atoms with Crippen LogP contribution >= 0.6 is 0 Å². The maximum Gasteiger partial charge on any atom is 0.331 e. The molecule has 0 N–H and O–H groups in total. The smallest absolute Gasteiger partial charge is 0.331 e. The van der Waals surface area contributed by atoms with Crippen molar-refractivity contribution in [1.82, 2.24) is 9.13 Å². The molecule has 0 aliphatic heterocycles. The molecule has 0 radical (unpaired) electrons. The number of hydrogen-bond acceptors (Lipinski definition) is 3. The summed E-state index contributed by atoms with van der Waals surface area (Å²) in [5.74, 6) is 0.741. The van der Waals surface area contributed by atoms with E-state index in [1.54, 1.807) is 7.11 Å². The monoisotopic (exact) mass is 246 g/mol. The van der Waals surface area contributed by atoms with Crippen molar-refractivity contribution in [2.45, 2.75) is 6.54 Å². The predicted molar refractivity (Wildman–Crippen MR) is 68.0 cm³/mol. The third kappa shape index (κ3) is 2.34. The van der Waals surface area contributed by atoms with Crippen molar-refractivity contribution in [3.8, 4) is 5.75 Å². The van der Waals surface area contributed by atoms with E-state index in [1.165, 1.54) is 23.9 Å². The number of nitrogens with zero attached hydrogens (tertiary/aromatic N) is 2. The van der Waals surface area contributed by atoms with Crippen LogP contribution in [0.5, 0.6) is 5.75 Å². The molecule has 1 aromatic carbocycles. The van der Waals surface area contributed by atoms with Crippen LogP contribution in [0, 0.1) is 0 Å². The van der Waals surface area contributed by atoms with Crippen LogP contribution in [0.15, 0.2) is 46.1 Å². The maximum atomic E-state index is 11.8. The Hall–Kier alpha value is -2.30. The van der Waals surface area contributed by atoms with Crippen molar-refractivity contribution >= 4 is 0 Å². The Morgan fingerprint density at radius 1 is 1.22 bits per heavy atom. The Bertz CT molecular complexity index is 670. The Labute approximate surface area is 104 Å². The second kappa shape index (κ2) is 4.91. The standard InChI is InChI=1S/C13H14N2O3/c1-14-12(16)6-7-15(13(14)17)9-10-4-3-5-11(8-10)18-2/h3-8H,9H2,1-2H3. The molecule has 0 unspecified atom stereocenters. The molecule has 0 atom stereocenters. The molecule has 0 saturated carbocycles. The first kappa shape index (κ1) is 12.2. The average molecular weight is 246 g/mol. The lowest BCUT2D eigenvalue weighted by molar-refractivity contribution is 0.414. The van der Waals surface area contributed by atoms with Crippen molar-refractivity contribution in [2.75, 3.05) is 7.11 Å². The zero-order valence-electron chi connectivity index (χ0n) is 10.3. The Morgan fingerprint density at radius 3 is 2.72 bits per heavy atom. The van der Waals surface area contributed by atoms with Gasteiger partial charge in [0.25, 0.3) is 5.56 Å². The van der Waals surface area contributed by atoms with Gasteiger partial charge in [0.05, 0.1) is 13.7 Å². The molecule has 1 heterocycles. The van der Waals surface area contributed by atoms with Gasteiger partial charge in [-0.15, -0.1) is 0 Å². The Kier molecular flexibility index (Phi) is 3.32. The van der Waals surface area contributed by atoms with E-state index in [2.05, 4.69) is 0 Å². The molecule has 0 amide bonds. The van der Waals surface area contributed by atoms with Gasteiger partial charge in [-0.2, -0.15) is 0 Å². The lowest BCUT2D eigenvalue weighted by Crippen LogP contribution is -2.37. The van der Waals surface area contributed by atoms with Gasteiger partial charge in [-0.05, 0) is 17.7 Å². The van der Waals surface area contributed by atoms with Crippen LogP contribution in [-0.4, -0.2) is 16.2 Å². The highest BCUT2D eigenvalue weighted by atomic mass is 16.5. The van der Waals surface area contributed by atoms with Gasteiger partial charge in [-0.3, -0.25) is 13.9 Å². The molecule has 0 aliphatic carbocycles. The van der Waals surface area contributed by atoms with Crippen LogP contribution in [0.2, 0.25) is 0 Å². The highest BCUT2D eigenvalue weighted by Crippen LogP contribution is 2.12. The summed E-state index contributed by atoms with van der Waals surface area (Å²) in [6.07, 6.45) is 1.50. The van der Waals surface area contributed by atoms with E-state index in [0.29, 0.717) is 6.54 Å². The second-order valence-corrected chi connectivity index (χ2v) is 3.97. The van der Waals surface area contributed by atoms with Gasteiger partial charge >= 0.3 is 5.69 Å². The normalized spacial score (nSPS) is 10.3. The van der Waals surface area contributed by atoms with Crippen molar-refractivity contribution in [2.24, 2.45) is 7.05 Å².